The van der Waals surface area contributed by atoms with E-state index in [0.717, 1.165) is 56.0 Å². The fourth-order valence-electron chi connectivity index (χ4n) is 3.16. The van der Waals surface area contributed by atoms with Gasteiger partial charge in [0.25, 0.3) is 5.89 Å². The first kappa shape index (κ1) is 18.9. The Bertz CT molecular complexity index is 874. The fraction of sp³-hybridized carbons (Fsp3) is 0.333. The van der Waals surface area contributed by atoms with E-state index >= 15 is 0 Å². The zero-order valence-corrected chi connectivity index (χ0v) is 16.4. The number of ether oxygens (including phenoxy) is 1. The highest BCUT2D eigenvalue weighted by molar-refractivity contribution is 6.30. The summed E-state index contributed by atoms with van der Waals surface area (Å²) in [4.78, 5) is 6.93. The highest BCUT2D eigenvalue weighted by atomic mass is 35.5. The molecule has 6 nitrogen and oxygen atoms in total. The number of nitrogens with zero attached hydrogens (tertiary/aromatic N) is 3. The van der Waals surface area contributed by atoms with Crippen LogP contribution in [0.4, 0.5) is 0 Å². The molecule has 0 bridgehead atoms. The Hall–Kier alpha value is -2.41. The number of halogens is 1. The van der Waals surface area contributed by atoms with Crippen molar-refractivity contribution in [2.75, 3.05) is 39.3 Å². The monoisotopic (exact) mass is 398 g/mol. The van der Waals surface area contributed by atoms with Crippen LogP contribution in [0.1, 0.15) is 6.42 Å². The minimum absolute atomic E-state index is 0.482. The molecule has 0 amide bonds. The van der Waals surface area contributed by atoms with E-state index in [1.807, 2.05) is 36.4 Å². The lowest BCUT2D eigenvalue weighted by Crippen LogP contribution is -2.43. The molecule has 1 saturated heterocycles. The Morgan fingerprint density at radius 2 is 1.71 bits per heavy atom. The third kappa shape index (κ3) is 4.90. The smallest absolute Gasteiger partial charge is 0.258 e. The predicted octanol–water partition coefficient (Wildman–Crippen LogP) is 3.73. The molecule has 1 aliphatic rings. The van der Waals surface area contributed by atoms with E-state index in [2.05, 4.69) is 20.4 Å². The van der Waals surface area contributed by atoms with Crippen LogP contribution in [0.15, 0.2) is 53.1 Å². The Balaban J connectivity index is 1.30. The maximum Gasteiger partial charge on any atom is 0.258 e. The lowest BCUT2D eigenvalue weighted by Gasteiger charge is -2.26. The molecule has 2 heterocycles. The Morgan fingerprint density at radius 1 is 1.00 bits per heavy atom. The molecule has 0 atom stereocenters. The summed E-state index contributed by atoms with van der Waals surface area (Å²) in [5, 5.41) is 8.09. The maximum atomic E-state index is 5.92. The van der Waals surface area contributed by atoms with Gasteiger partial charge in [-0.3, -0.25) is 0 Å². The highest BCUT2D eigenvalue weighted by Gasteiger charge is 2.11. The summed E-state index contributed by atoms with van der Waals surface area (Å²) in [6.07, 6.45) is 1.02. The van der Waals surface area contributed by atoms with E-state index in [1.165, 1.54) is 0 Å². The van der Waals surface area contributed by atoms with Crippen LogP contribution in [0.25, 0.3) is 22.8 Å². The summed E-state index contributed by atoms with van der Waals surface area (Å²) in [6, 6.07) is 15.1. The van der Waals surface area contributed by atoms with E-state index in [0.29, 0.717) is 23.3 Å². The topological polar surface area (TPSA) is 63.4 Å². The standard InChI is InChI=1S/C21H23ClN4O2/c22-18-6-2-16(3-7-18)20-24-21(28-25-20)17-4-8-19(9-5-17)27-15-1-12-26-13-10-23-11-14-26/h2-9,23H,1,10-15H2. The fourth-order valence-corrected chi connectivity index (χ4v) is 3.29. The average Bonchev–Trinajstić information content (AvgIpc) is 3.23. The van der Waals surface area contributed by atoms with Gasteiger partial charge in [-0.25, -0.2) is 0 Å². The van der Waals surface area contributed by atoms with E-state index in [-0.39, 0.29) is 0 Å². The maximum absolute atomic E-state index is 5.92. The Labute approximate surface area is 169 Å². The Kier molecular flexibility index (Phi) is 6.21. The zero-order chi connectivity index (χ0) is 19.2. The summed E-state index contributed by atoms with van der Waals surface area (Å²) in [7, 11) is 0. The number of nitrogens with one attached hydrogen (secondary N) is 1. The second-order valence-corrected chi connectivity index (χ2v) is 7.18. The summed E-state index contributed by atoms with van der Waals surface area (Å²) in [5.74, 6) is 1.87. The van der Waals surface area contributed by atoms with Gasteiger partial charge in [0.15, 0.2) is 0 Å². The van der Waals surface area contributed by atoms with Gasteiger partial charge in [-0.2, -0.15) is 4.98 Å². The van der Waals surface area contributed by atoms with Crippen LogP contribution in [0, 0.1) is 0 Å². The van der Waals surface area contributed by atoms with Crippen LogP contribution >= 0.6 is 11.6 Å². The Morgan fingerprint density at radius 3 is 2.46 bits per heavy atom. The van der Waals surface area contributed by atoms with E-state index < -0.39 is 0 Å². The van der Waals surface area contributed by atoms with Crippen LogP contribution in [0.3, 0.4) is 0 Å². The molecular formula is C21H23ClN4O2. The summed E-state index contributed by atoms with van der Waals surface area (Å²) in [5.41, 5.74) is 1.73. The molecule has 0 aliphatic carbocycles. The van der Waals surface area contributed by atoms with E-state index in [1.54, 1.807) is 12.1 Å². The van der Waals surface area contributed by atoms with Crippen molar-refractivity contribution in [3.8, 4) is 28.6 Å². The van der Waals surface area contributed by atoms with Gasteiger partial charge >= 0.3 is 0 Å². The highest BCUT2D eigenvalue weighted by Crippen LogP contribution is 2.25. The molecule has 1 N–H and O–H groups in total. The molecular weight excluding hydrogens is 376 g/mol. The SMILES string of the molecule is Clc1ccc(-c2noc(-c3ccc(OCCCN4CCNCC4)cc3)n2)cc1. The van der Waals surface area contributed by atoms with Crippen molar-refractivity contribution in [3.63, 3.8) is 0 Å². The van der Waals surface area contributed by atoms with Gasteiger partial charge in [0, 0.05) is 48.9 Å². The quantitative estimate of drug-likeness (QED) is 0.612. The van der Waals surface area contributed by atoms with Crippen molar-refractivity contribution in [2.45, 2.75) is 6.42 Å². The summed E-state index contributed by atoms with van der Waals surface area (Å²) >= 11 is 5.92. The van der Waals surface area contributed by atoms with Crippen molar-refractivity contribution >= 4 is 11.6 Å². The van der Waals surface area contributed by atoms with Crippen molar-refractivity contribution in [3.05, 3.63) is 53.6 Å². The molecule has 28 heavy (non-hydrogen) atoms. The van der Waals surface area contributed by atoms with Crippen molar-refractivity contribution in [2.24, 2.45) is 0 Å². The lowest BCUT2D eigenvalue weighted by atomic mass is 10.2. The summed E-state index contributed by atoms with van der Waals surface area (Å²) in [6.45, 7) is 6.20. The van der Waals surface area contributed by atoms with Gasteiger partial charge in [0.1, 0.15) is 5.75 Å². The number of piperazine rings is 1. The second-order valence-electron chi connectivity index (χ2n) is 6.75. The molecule has 3 aromatic rings. The van der Waals surface area contributed by atoms with E-state index in [4.69, 9.17) is 20.9 Å². The summed E-state index contributed by atoms with van der Waals surface area (Å²) < 4.78 is 11.2. The van der Waals surface area contributed by atoms with Gasteiger partial charge in [-0.05, 0) is 55.0 Å². The number of hydrogen-bond acceptors (Lipinski definition) is 6. The van der Waals surface area contributed by atoms with Crippen LogP contribution in [0.5, 0.6) is 5.75 Å². The van der Waals surface area contributed by atoms with Crippen molar-refractivity contribution < 1.29 is 9.26 Å². The van der Waals surface area contributed by atoms with Crippen LogP contribution in [0.2, 0.25) is 5.02 Å². The molecule has 146 valence electrons. The third-order valence-electron chi connectivity index (χ3n) is 4.73. The largest absolute Gasteiger partial charge is 0.494 e. The first-order chi connectivity index (χ1) is 13.8. The number of hydrogen-bond donors (Lipinski definition) is 1. The van der Waals surface area contributed by atoms with Crippen molar-refractivity contribution in [1.29, 1.82) is 0 Å². The molecule has 0 radical (unpaired) electrons. The van der Waals surface area contributed by atoms with Gasteiger partial charge in [-0.15, -0.1) is 0 Å². The van der Waals surface area contributed by atoms with Gasteiger partial charge in [-0.1, -0.05) is 16.8 Å². The van der Waals surface area contributed by atoms with Crippen molar-refractivity contribution in [1.82, 2.24) is 20.4 Å². The minimum atomic E-state index is 0.482. The van der Waals surface area contributed by atoms with Crippen LogP contribution in [-0.4, -0.2) is 54.4 Å². The normalized spacial score (nSPS) is 14.9. The van der Waals surface area contributed by atoms with Gasteiger partial charge in [0.05, 0.1) is 6.61 Å². The molecule has 1 fully saturated rings. The molecule has 7 heteroatoms. The first-order valence-corrected chi connectivity index (χ1v) is 9.92. The van der Waals surface area contributed by atoms with Gasteiger partial charge < -0.3 is 19.5 Å². The lowest BCUT2D eigenvalue weighted by molar-refractivity contribution is 0.214. The molecule has 0 unspecified atom stereocenters. The molecule has 0 saturated carbocycles. The molecule has 4 rings (SSSR count). The van der Waals surface area contributed by atoms with E-state index in [9.17, 15) is 0 Å². The minimum Gasteiger partial charge on any atom is -0.494 e. The molecule has 2 aromatic carbocycles. The predicted molar refractivity (Wildman–Crippen MR) is 110 cm³/mol. The number of aromatic nitrogens is 2. The average molecular weight is 399 g/mol. The number of benzene rings is 2. The zero-order valence-electron chi connectivity index (χ0n) is 15.6. The second kappa shape index (κ2) is 9.19. The molecule has 0 spiro atoms. The van der Waals surface area contributed by atoms with Crippen LogP contribution in [-0.2, 0) is 0 Å². The molecule has 1 aliphatic heterocycles. The number of rotatable bonds is 7. The van der Waals surface area contributed by atoms with Crippen LogP contribution < -0.4 is 10.1 Å². The third-order valence-corrected chi connectivity index (χ3v) is 4.98. The van der Waals surface area contributed by atoms with Gasteiger partial charge in [0.2, 0.25) is 5.82 Å². The molecule has 1 aromatic heterocycles. The first-order valence-electron chi connectivity index (χ1n) is 9.54.